The number of hydrogen-bond donors (Lipinski definition) is 3. The van der Waals surface area contributed by atoms with Crippen LogP contribution in [0.4, 0.5) is 0 Å². The molecule has 1 aromatic carbocycles. The van der Waals surface area contributed by atoms with Gasteiger partial charge in [0.05, 0.1) is 24.8 Å². The standard InChI is InChI=1S/C14H18N2O4/c1-19-7-2-3-8(10(17)6-7)14(18)16-12-11(15)9-4-5-20-13(9)12/h2-3,6,9,11-13,17H,4-5,15H2,1H3,(H,16,18). The molecule has 4 atom stereocenters. The van der Waals surface area contributed by atoms with Crippen molar-refractivity contribution in [2.75, 3.05) is 13.7 Å². The van der Waals surface area contributed by atoms with Crippen molar-refractivity contribution >= 4 is 5.91 Å². The third-order valence-electron chi connectivity index (χ3n) is 4.19. The Morgan fingerprint density at radius 2 is 2.35 bits per heavy atom. The molecule has 1 aliphatic carbocycles. The fourth-order valence-electron chi connectivity index (χ4n) is 2.99. The van der Waals surface area contributed by atoms with Crippen LogP contribution in [0.15, 0.2) is 18.2 Å². The number of fused-ring (bicyclic) bond motifs is 1. The number of nitrogens with one attached hydrogen (secondary N) is 1. The Balaban J connectivity index is 1.70. The molecular formula is C14H18N2O4. The van der Waals surface area contributed by atoms with Gasteiger partial charge in [-0.3, -0.25) is 4.79 Å². The van der Waals surface area contributed by atoms with Gasteiger partial charge < -0.3 is 25.6 Å². The summed E-state index contributed by atoms with van der Waals surface area (Å²) in [5.41, 5.74) is 6.25. The van der Waals surface area contributed by atoms with Crippen molar-refractivity contribution in [3.05, 3.63) is 23.8 Å². The minimum absolute atomic E-state index is 0.00865. The molecule has 1 saturated heterocycles. The number of hydrogen-bond acceptors (Lipinski definition) is 5. The summed E-state index contributed by atoms with van der Waals surface area (Å²) in [4.78, 5) is 12.2. The number of nitrogens with two attached hydrogens (primary N) is 1. The van der Waals surface area contributed by atoms with Gasteiger partial charge >= 0.3 is 0 Å². The van der Waals surface area contributed by atoms with Crippen molar-refractivity contribution in [2.45, 2.75) is 24.6 Å². The zero-order valence-corrected chi connectivity index (χ0v) is 11.2. The molecular weight excluding hydrogens is 260 g/mol. The van der Waals surface area contributed by atoms with E-state index in [0.717, 1.165) is 6.42 Å². The third kappa shape index (κ3) is 2.01. The fourth-order valence-corrected chi connectivity index (χ4v) is 2.99. The molecule has 0 aromatic heterocycles. The van der Waals surface area contributed by atoms with Crippen LogP contribution in [0.25, 0.3) is 0 Å². The molecule has 4 N–H and O–H groups in total. The van der Waals surface area contributed by atoms with Crippen molar-refractivity contribution in [2.24, 2.45) is 11.7 Å². The van der Waals surface area contributed by atoms with Crippen LogP contribution in [0.3, 0.4) is 0 Å². The van der Waals surface area contributed by atoms with Gasteiger partial charge in [0.2, 0.25) is 0 Å². The minimum Gasteiger partial charge on any atom is -0.507 e. The Hall–Kier alpha value is -1.79. The highest BCUT2D eigenvalue weighted by atomic mass is 16.5. The quantitative estimate of drug-likeness (QED) is 0.736. The highest BCUT2D eigenvalue weighted by Crippen LogP contribution is 2.38. The molecule has 0 spiro atoms. The first-order valence-electron chi connectivity index (χ1n) is 6.67. The largest absolute Gasteiger partial charge is 0.507 e. The van der Waals surface area contributed by atoms with Crippen LogP contribution in [-0.4, -0.2) is 42.9 Å². The average Bonchev–Trinajstić information content (AvgIpc) is 2.89. The minimum atomic E-state index is -0.348. The Morgan fingerprint density at radius 1 is 1.55 bits per heavy atom. The van der Waals surface area contributed by atoms with Gasteiger partial charge in [0.15, 0.2) is 0 Å². The van der Waals surface area contributed by atoms with E-state index >= 15 is 0 Å². The average molecular weight is 278 g/mol. The molecule has 6 nitrogen and oxygen atoms in total. The lowest BCUT2D eigenvalue weighted by atomic mass is 9.72. The van der Waals surface area contributed by atoms with E-state index in [1.807, 2.05) is 0 Å². The van der Waals surface area contributed by atoms with Gasteiger partial charge in [0.25, 0.3) is 5.91 Å². The number of phenols is 1. The van der Waals surface area contributed by atoms with Crippen molar-refractivity contribution in [1.29, 1.82) is 0 Å². The number of phenolic OH excluding ortho intramolecular Hbond substituents is 1. The van der Waals surface area contributed by atoms with Crippen LogP contribution >= 0.6 is 0 Å². The number of rotatable bonds is 3. The maximum atomic E-state index is 12.2. The Labute approximate surface area is 116 Å². The van der Waals surface area contributed by atoms with Gasteiger partial charge in [0, 0.05) is 24.6 Å². The zero-order valence-electron chi connectivity index (χ0n) is 11.2. The van der Waals surface area contributed by atoms with E-state index in [2.05, 4.69) is 5.32 Å². The van der Waals surface area contributed by atoms with Crippen LogP contribution in [0.1, 0.15) is 16.8 Å². The number of carbonyl (C=O) groups excluding carboxylic acids is 1. The summed E-state index contributed by atoms with van der Waals surface area (Å²) in [6.07, 6.45) is 0.959. The summed E-state index contributed by atoms with van der Waals surface area (Å²) in [5.74, 6) is 0.376. The molecule has 1 aromatic rings. The van der Waals surface area contributed by atoms with E-state index in [4.69, 9.17) is 15.2 Å². The molecule has 20 heavy (non-hydrogen) atoms. The summed E-state index contributed by atoms with van der Waals surface area (Å²) in [6.45, 7) is 0.698. The molecule has 1 saturated carbocycles. The summed E-state index contributed by atoms with van der Waals surface area (Å²) < 4.78 is 10.5. The second kappa shape index (κ2) is 4.96. The molecule has 4 unspecified atom stereocenters. The topological polar surface area (TPSA) is 93.8 Å². The SMILES string of the molecule is COc1ccc(C(=O)NC2C(N)C3CCOC32)c(O)c1. The van der Waals surface area contributed by atoms with E-state index in [-0.39, 0.29) is 35.4 Å². The summed E-state index contributed by atoms with van der Waals surface area (Å²) in [5, 5.41) is 12.7. The lowest BCUT2D eigenvalue weighted by Gasteiger charge is -2.45. The van der Waals surface area contributed by atoms with E-state index in [1.165, 1.54) is 19.2 Å². The van der Waals surface area contributed by atoms with Gasteiger partial charge in [-0.1, -0.05) is 0 Å². The molecule has 108 valence electrons. The number of carbonyl (C=O) groups is 1. The number of aromatic hydroxyl groups is 1. The highest BCUT2D eigenvalue weighted by Gasteiger charge is 2.52. The molecule has 0 radical (unpaired) electrons. The smallest absolute Gasteiger partial charge is 0.255 e. The van der Waals surface area contributed by atoms with Crippen LogP contribution in [-0.2, 0) is 4.74 Å². The summed E-state index contributed by atoms with van der Waals surface area (Å²) in [7, 11) is 1.50. The fraction of sp³-hybridized carbons (Fsp3) is 0.500. The normalized spacial score (nSPS) is 31.3. The number of benzene rings is 1. The van der Waals surface area contributed by atoms with Crippen LogP contribution in [0, 0.1) is 5.92 Å². The predicted octanol–water partition coefficient (Wildman–Crippen LogP) is 0.245. The first-order chi connectivity index (χ1) is 9.61. The van der Waals surface area contributed by atoms with Crippen molar-refractivity contribution in [3.63, 3.8) is 0 Å². The lowest BCUT2D eigenvalue weighted by molar-refractivity contribution is -0.0161. The van der Waals surface area contributed by atoms with Gasteiger partial charge in [-0.2, -0.15) is 0 Å². The maximum Gasteiger partial charge on any atom is 0.255 e. The first kappa shape index (κ1) is 13.2. The number of amides is 1. The Kier molecular flexibility index (Phi) is 3.27. The lowest BCUT2D eigenvalue weighted by Crippen LogP contribution is -2.68. The first-order valence-corrected chi connectivity index (χ1v) is 6.67. The molecule has 1 heterocycles. The predicted molar refractivity (Wildman–Crippen MR) is 71.7 cm³/mol. The van der Waals surface area contributed by atoms with E-state index in [1.54, 1.807) is 6.07 Å². The molecule has 2 fully saturated rings. The molecule has 1 aliphatic heterocycles. The Morgan fingerprint density at radius 3 is 3.05 bits per heavy atom. The molecule has 1 amide bonds. The van der Waals surface area contributed by atoms with Gasteiger partial charge in [-0.05, 0) is 18.6 Å². The van der Waals surface area contributed by atoms with E-state index in [9.17, 15) is 9.90 Å². The van der Waals surface area contributed by atoms with Crippen LogP contribution in [0.2, 0.25) is 0 Å². The summed E-state index contributed by atoms with van der Waals surface area (Å²) in [6, 6.07) is 4.30. The maximum absolute atomic E-state index is 12.2. The third-order valence-corrected chi connectivity index (χ3v) is 4.19. The second-order valence-electron chi connectivity index (χ2n) is 5.25. The van der Waals surface area contributed by atoms with Gasteiger partial charge in [-0.25, -0.2) is 0 Å². The van der Waals surface area contributed by atoms with E-state index in [0.29, 0.717) is 18.3 Å². The zero-order chi connectivity index (χ0) is 14.3. The van der Waals surface area contributed by atoms with Crippen molar-refractivity contribution in [3.8, 4) is 11.5 Å². The van der Waals surface area contributed by atoms with Crippen LogP contribution < -0.4 is 15.8 Å². The van der Waals surface area contributed by atoms with Crippen LogP contribution in [0.5, 0.6) is 11.5 Å². The van der Waals surface area contributed by atoms with Gasteiger partial charge in [0.1, 0.15) is 11.5 Å². The molecule has 2 aliphatic rings. The summed E-state index contributed by atoms with van der Waals surface area (Å²) >= 11 is 0. The molecule has 0 bridgehead atoms. The highest BCUT2D eigenvalue weighted by molar-refractivity contribution is 5.97. The van der Waals surface area contributed by atoms with Crippen molar-refractivity contribution in [1.82, 2.24) is 5.32 Å². The molecule has 6 heteroatoms. The number of methoxy groups -OCH3 is 1. The van der Waals surface area contributed by atoms with E-state index < -0.39 is 0 Å². The van der Waals surface area contributed by atoms with Crippen molar-refractivity contribution < 1.29 is 19.4 Å². The number of ether oxygens (including phenoxy) is 2. The molecule has 3 rings (SSSR count). The second-order valence-corrected chi connectivity index (χ2v) is 5.25. The van der Waals surface area contributed by atoms with Gasteiger partial charge in [-0.15, -0.1) is 0 Å². The Bertz CT molecular complexity index is 534. The monoisotopic (exact) mass is 278 g/mol.